The summed E-state index contributed by atoms with van der Waals surface area (Å²) in [6.07, 6.45) is 12.6. The van der Waals surface area contributed by atoms with Gasteiger partial charge in [0.1, 0.15) is 11.3 Å². The quantitative estimate of drug-likeness (QED) is 0.770. The maximum atomic E-state index is 13.5. The minimum absolute atomic E-state index is 0.237. The first-order valence-electron chi connectivity index (χ1n) is 10.1. The van der Waals surface area contributed by atoms with Crippen molar-refractivity contribution in [3.63, 3.8) is 0 Å². The third-order valence-electron chi connectivity index (χ3n) is 6.48. The van der Waals surface area contributed by atoms with Gasteiger partial charge in [-0.3, -0.25) is 15.0 Å². The standard InChI is InChI=1S/C19H23N5OS3/c25-28(11-4-2-1-3-5-11)19-16-15-12(14-9-20-10-24(14)23-16)8-13(22-18(15)27-19)17-21-6-7-26-17/h6-7,9-13,15,18,22-23H,1-5,8H2. The number of hydrogen-bond acceptors (Lipinski definition) is 7. The first-order chi connectivity index (χ1) is 13.8. The van der Waals surface area contributed by atoms with Crippen LogP contribution in [0.4, 0.5) is 0 Å². The summed E-state index contributed by atoms with van der Waals surface area (Å²) in [7, 11) is -0.929. The Morgan fingerprint density at radius 2 is 2.14 bits per heavy atom. The van der Waals surface area contributed by atoms with Crippen LogP contribution in [0.1, 0.15) is 61.2 Å². The van der Waals surface area contributed by atoms with Crippen LogP contribution >= 0.6 is 23.1 Å². The van der Waals surface area contributed by atoms with Crippen LogP contribution in [0.5, 0.6) is 0 Å². The largest absolute Gasteiger partial charge is 0.295 e. The SMILES string of the molecule is O=S(C1=C2Nn3cncc3C3CC(c4nccs4)NC(S1)C23)C1CCCCC1. The summed E-state index contributed by atoms with van der Waals surface area (Å²) < 4.78 is 16.6. The number of nitrogens with zero attached hydrogens (tertiary/aromatic N) is 3. The highest BCUT2D eigenvalue weighted by atomic mass is 32.2. The van der Waals surface area contributed by atoms with Gasteiger partial charge in [0.25, 0.3) is 0 Å². The summed E-state index contributed by atoms with van der Waals surface area (Å²) in [5.74, 6) is 0.695. The molecule has 6 nitrogen and oxygen atoms in total. The van der Waals surface area contributed by atoms with Gasteiger partial charge in [0, 0.05) is 28.7 Å². The molecule has 4 aliphatic rings. The Morgan fingerprint density at radius 1 is 1.25 bits per heavy atom. The van der Waals surface area contributed by atoms with E-state index in [9.17, 15) is 4.21 Å². The Morgan fingerprint density at radius 3 is 2.96 bits per heavy atom. The smallest absolute Gasteiger partial charge is 0.115 e. The van der Waals surface area contributed by atoms with Crippen LogP contribution in [0.25, 0.3) is 0 Å². The molecule has 0 amide bonds. The van der Waals surface area contributed by atoms with Crippen LogP contribution in [0.2, 0.25) is 0 Å². The molecule has 2 aromatic heterocycles. The predicted molar refractivity (Wildman–Crippen MR) is 114 cm³/mol. The van der Waals surface area contributed by atoms with Gasteiger partial charge in [-0.2, -0.15) is 0 Å². The van der Waals surface area contributed by atoms with Crippen molar-refractivity contribution in [1.29, 1.82) is 0 Å². The summed E-state index contributed by atoms with van der Waals surface area (Å²) in [4.78, 5) is 8.95. The number of thioether (sulfide) groups is 1. The normalized spacial score (nSPS) is 33.3. The molecule has 6 rings (SSSR count). The summed E-state index contributed by atoms with van der Waals surface area (Å²) in [6.45, 7) is 0. The molecule has 5 atom stereocenters. The number of piperidine rings is 1. The molecule has 0 spiro atoms. The van der Waals surface area contributed by atoms with Crippen molar-refractivity contribution in [3.05, 3.63) is 44.7 Å². The van der Waals surface area contributed by atoms with Gasteiger partial charge < -0.3 is 0 Å². The molecule has 1 aliphatic carbocycles. The van der Waals surface area contributed by atoms with Gasteiger partial charge >= 0.3 is 0 Å². The van der Waals surface area contributed by atoms with E-state index < -0.39 is 10.8 Å². The van der Waals surface area contributed by atoms with E-state index >= 15 is 0 Å². The van der Waals surface area contributed by atoms with E-state index in [0.717, 1.165) is 28.5 Å². The van der Waals surface area contributed by atoms with Crippen LogP contribution in [0.15, 0.2) is 34.0 Å². The molecule has 0 aromatic carbocycles. The van der Waals surface area contributed by atoms with Gasteiger partial charge in [-0.25, -0.2) is 14.6 Å². The molecule has 28 heavy (non-hydrogen) atoms. The maximum absolute atomic E-state index is 13.5. The molecule has 2 fully saturated rings. The van der Waals surface area contributed by atoms with E-state index in [1.807, 2.05) is 28.8 Å². The van der Waals surface area contributed by atoms with Gasteiger partial charge in [-0.05, 0) is 19.3 Å². The second kappa shape index (κ2) is 6.97. The molecular weight excluding hydrogens is 410 g/mol. The van der Waals surface area contributed by atoms with Crippen LogP contribution < -0.4 is 10.7 Å². The fourth-order valence-corrected chi connectivity index (χ4v) is 9.67. The Kier molecular flexibility index (Phi) is 4.40. The van der Waals surface area contributed by atoms with Crippen molar-refractivity contribution in [2.75, 3.05) is 5.43 Å². The molecule has 1 saturated heterocycles. The zero-order valence-electron chi connectivity index (χ0n) is 15.4. The molecule has 2 N–H and O–H groups in total. The van der Waals surface area contributed by atoms with Gasteiger partial charge in [0.2, 0.25) is 0 Å². The fraction of sp³-hybridized carbons (Fsp3) is 0.579. The third-order valence-corrected chi connectivity index (χ3v) is 10.9. The average Bonchev–Trinajstić information content (AvgIpc) is 3.48. The molecule has 3 aliphatic heterocycles. The van der Waals surface area contributed by atoms with E-state index in [0.29, 0.717) is 17.1 Å². The minimum Gasteiger partial charge on any atom is -0.295 e. The Labute approximate surface area is 175 Å². The molecule has 5 unspecified atom stereocenters. The van der Waals surface area contributed by atoms with Gasteiger partial charge in [0.15, 0.2) is 0 Å². The van der Waals surface area contributed by atoms with Crippen LogP contribution in [0, 0.1) is 5.92 Å². The summed E-state index contributed by atoms with van der Waals surface area (Å²) in [6, 6.07) is 0.240. The highest BCUT2D eigenvalue weighted by Gasteiger charge is 2.51. The Bertz CT molecular complexity index is 933. The lowest BCUT2D eigenvalue weighted by molar-refractivity contribution is 0.266. The lowest BCUT2D eigenvalue weighted by atomic mass is 9.78. The van der Waals surface area contributed by atoms with Gasteiger partial charge in [-0.15, -0.1) is 11.3 Å². The van der Waals surface area contributed by atoms with Gasteiger partial charge in [-0.1, -0.05) is 31.0 Å². The lowest BCUT2D eigenvalue weighted by Gasteiger charge is -2.42. The van der Waals surface area contributed by atoms with Crippen molar-refractivity contribution < 1.29 is 4.21 Å². The topological polar surface area (TPSA) is 71.8 Å². The predicted octanol–water partition coefficient (Wildman–Crippen LogP) is 3.65. The summed E-state index contributed by atoms with van der Waals surface area (Å²) >= 11 is 3.51. The van der Waals surface area contributed by atoms with E-state index in [1.165, 1.54) is 30.7 Å². The lowest BCUT2D eigenvalue weighted by Crippen LogP contribution is -2.48. The number of thiazole rings is 1. The number of imidazole rings is 1. The van der Waals surface area contributed by atoms with E-state index in [-0.39, 0.29) is 11.4 Å². The number of fused-ring (bicyclic) bond motifs is 2. The Hall–Kier alpha value is -1.16. The van der Waals surface area contributed by atoms with Crippen LogP contribution in [-0.4, -0.2) is 29.5 Å². The van der Waals surface area contributed by atoms with Crippen LogP contribution in [0.3, 0.4) is 0 Å². The molecule has 1 saturated carbocycles. The summed E-state index contributed by atoms with van der Waals surface area (Å²) in [5.41, 5.74) is 5.95. The second-order valence-corrected chi connectivity index (χ2v) is 12.1. The molecule has 5 heterocycles. The highest BCUT2D eigenvalue weighted by molar-refractivity contribution is 8.17. The number of hydrogen-bond donors (Lipinski definition) is 2. The highest BCUT2D eigenvalue weighted by Crippen LogP contribution is 2.56. The molecular formula is C19H23N5OS3. The van der Waals surface area contributed by atoms with Crippen molar-refractivity contribution >= 4 is 33.9 Å². The molecule has 148 valence electrons. The molecule has 0 radical (unpaired) electrons. The minimum atomic E-state index is -0.929. The fourth-order valence-electron chi connectivity index (χ4n) is 5.15. The second-order valence-electron chi connectivity index (χ2n) is 8.05. The number of rotatable bonds is 3. The average molecular weight is 434 g/mol. The van der Waals surface area contributed by atoms with Gasteiger partial charge in [0.05, 0.1) is 44.0 Å². The summed E-state index contributed by atoms with van der Waals surface area (Å²) in [5, 5.41) is 7.56. The monoisotopic (exact) mass is 433 g/mol. The first-order valence-corrected chi connectivity index (χ1v) is 13.0. The zero-order valence-corrected chi connectivity index (χ0v) is 17.9. The van der Waals surface area contributed by atoms with Crippen LogP contribution in [-0.2, 0) is 10.8 Å². The zero-order chi connectivity index (χ0) is 18.7. The molecule has 2 aromatic rings. The van der Waals surface area contributed by atoms with E-state index in [2.05, 4.69) is 20.7 Å². The number of nitrogens with one attached hydrogen (secondary N) is 2. The van der Waals surface area contributed by atoms with E-state index in [1.54, 1.807) is 23.1 Å². The third kappa shape index (κ3) is 2.74. The molecule has 9 heteroatoms. The van der Waals surface area contributed by atoms with Crippen molar-refractivity contribution in [3.8, 4) is 0 Å². The number of aromatic nitrogens is 3. The van der Waals surface area contributed by atoms with Crippen molar-refractivity contribution in [2.45, 2.75) is 61.1 Å². The van der Waals surface area contributed by atoms with Crippen molar-refractivity contribution in [2.24, 2.45) is 5.92 Å². The maximum Gasteiger partial charge on any atom is 0.115 e. The molecule has 0 bridgehead atoms. The Balaban J connectivity index is 1.38. The van der Waals surface area contributed by atoms with Crippen molar-refractivity contribution in [1.82, 2.24) is 20.0 Å². The first kappa shape index (κ1) is 17.7. The van der Waals surface area contributed by atoms with E-state index in [4.69, 9.17) is 0 Å².